The molecule has 0 aromatic carbocycles. The van der Waals surface area contributed by atoms with E-state index in [2.05, 4.69) is 5.32 Å². The number of halogens is 1. The highest BCUT2D eigenvalue weighted by Crippen LogP contribution is 2.22. The lowest BCUT2D eigenvalue weighted by atomic mass is 10.2. The molecule has 1 rings (SSSR count). The Kier molecular flexibility index (Phi) is 5.44. The van der Waals surface area contributed by atoms with Crippen LogP contribution in [0.25, 0.3) is 0 Å². The van der Waals surface area contributed by atoms with Crippen molar-refractivity contribution in [1.29, 1.82) is 0 Å². The third-order valence-electron chi connectivity index (χ3n) is 2.00. The van der Waals surface area contributed by atoms with Crippen LogP contribution in [0.5, 0.6) is 0 Å². The maximum atomic E-state index is 11.4. The van der Waals surface area contributed by atoms with E-state index < -0.39 is 11.7 Å². The number of nitrogens with one attached hydrogen (secondary N) is 1. The molecule has 102 valence electrons. The Morgan fingerprint density at radius 2 is 2.22 bits per heavy atom. The van der Waals surface area contributed by atoms with Crippen LogP contribution in [0.15, 0.2) is 12.1 Å². The summed E-state index contributed by atoms with van der Waals surface area (Å²) in [5.74, 6) is 0. The first-order valence-electron chi connectivity index (χ1n) is 5.73. The number of carbonyl (C=O) groups is 1. The highest BCUT2D eigenvalue weighted by molar-refractivity contribution is 7.16. The molecular weight excluding hydrogens is 272 g/mol. The lowest BCUT2D eigenvalue weighted by Crippen LogP contribution is -2.40. The Labute approximate surface area is 116 Å². The van der Waals surface area contributed by atoms with Crippen molar-refractivity contribution in [1.82, 2.24) is 5.32 Å². The molecule has 18 heavy (non-hydrogen) atoms. The summed E-state index contributed by atoms with van der Waals surface area (Å²) in [5, 5.41) is 2.65. The molecule has 0 saturated heterocycles. The minimum absolute atomic E-state index is 0.146. The largest absolute Gasteiger partial charge is 0.444 e. The molecule has 0 aliphatic rings. The second-order valence-electron chi connectivity index (χ2n) is 5.05. The van der Waals surface area contributed by atoms with Crippen molar-refractivity contribution in [2.24, 2.45) is 5.73 Å². The highest BCUT2D eigenvalue weighted by atomic mass is 35.5. The van der Waals surface area contributed by atoms with Gasteiger partial charge in [-0.3, -0.25) is 0 Å². The second-order valence-corrected chi connectivity index (χ2v) is 6.85. The molecule has 1 amide bonds. The van der Waals surface area contributed by atoms with Gasteiger partial charge in [-0.1, -0.05) is 11.6 Å². The smallest absolute Gasteiger partial charge is 0.407 e. The fraction of sp³-hybridized carbons (Fsp3) is 0.583. The third kappa shape index (κ3) is 6.23. The number of alkyl carbamates (subject to hydrolysis) is 1. The predicted octanol–water partition coefficient (Wildman–Crippen LogP) is 2.80. The maximum absolute atomic E-state index is 11.4. The molecule has 0 aliphatic heterocycles. The van der Waals surface area contributed by atoms with Crippen molar-refractivity contribution in [2.75, 3.05) is 6.54 Å². The lowest BCUT2D eigenvalue weighted by molar-refractivity contribution is 0.0524. The zero-order valence-electron chi connectivity index (χ0n) is 10.8. The second kappa shape index (κ2) is 6.41. The Hall–Kier alpha value is -0.780. The fourth-order valence-electron chi connectivity index (χ4n) is 1.32. The van der Waals surface area contributed by atoms with Gasteiger partial charge in [-0.2, -0.15) is 0 Å². The van der Waals surface area contributed by atoms with Gasteiger partial charge in [0, 0.05) is 17.5 Å². The van der Waals surface area contributed by atoms with Gasteiger partial charge < -0.3 is 15.8 Å². The molecule has 3 N–H and O–H groups in total. The molecule has 0 radical (unpaired) electrons. The number of carbonyl (C=O) groups excluding carboxylic acids is 1. The quantitative estimate of drug-likeness (QED) is 0.896. The van der Waals surface area contributed by atoms with Crippen molar-refractivity contribution >= 4 is 29.0 Å². The van der Waals surface area contributed by atoms with E-state index in [0.29, 0.717) is 13.0 Å². The number of amides is 1. The van der Waals surface area contributed by atoms with Gasteiger partial charge in [0.05, 0.1) is 4.34 Å². The van der Waals surface area contributed by atoms with Gasteiger partial charge in [-0.25, -0.2) is 4.79 Å². The zero-order valence-corrected chi connectivity index (χ0v) is 12.4. The summed E-state index contributed by atoms with van der Waals surface area (Å²) in [6.45, 7) is 5.84. The van der Waals surface area contributed by atoms with Gasteiger partial charge in [0.15, 0.2) is 0 Å². The van der Waals surface area contributed by atoms with Crippen LogP contribution < -0.4 is 11.1 Å². The average molecular weight is 291 g/mol. The van der Waals surface area contributed by atoms with Gasteiger partial charge in [0.25, 0.3) is 0 Å². The molecule has 1 aromatic rings. The van der Waals surface area contributed by atoms with Crippen molar-refractivity contribution in [3.05, 3.63) is 21.3 Å². The number of ether oxygens (including phenoxy) is 1. The summed E-state index contributed by atoms with van der Waals surface area (Å²) in [5.41, 5.74) is 5.43. The molecule has 6 heteroatoms. The van der Waals surface area contributed by atoms with Gasteiger partial charge in [-0.05, 0) is 39.3 Å². The zero-order chi connectivity index (χ0) is 13.8. The number of thiophene rings is 1. The van der Waals surface area contributed by atoms with Gasteiger partial charge in [-0.15, -0.1) is 11.3 Å². The van der Waals surface area contributed by atoms with Crippen LogP contribution in [0.1, 0.15) is 25.6 Å². The van der Waals surface area contributed by atoms with Crippen LogP contribution in [0, 0.1) is 0 Å². The van der Waals surface area contributed by atoms with E-state index in [1.165, 1.54) is 11.3 Å². The summed E-state index contributed by atoms with van der Waals surface area (Å²) in [6.07, 6.45) is 0.245. The summed E-state index contributed by atoms with van der Waals surface area (Å²) in [7, 11) is 0. The average Bonchev–Trinajstić information content (AvgIpc) is 2.58. The van der Waals surface area contributed by atoms with Crippen molar-refractivity contribution in [2.45, 2.75) is 38.8 Å². The van der Waals surface area contributed by atoms with Gasteiger partial charge >= 0.3 is 6.09 Å². The van der Waals surface area contributed by atoms with E-state index in [9.17, 15) is 4.79 Å². The number of hydrogen-bond donors (Lipinski definition) is 2. The Bertz CT molecular complexity index is 401. The summed E-state index contributed by atoms with van der Waals surface area (Å²) in [6, 6.07) is 3.64. The van der Waals surface area contributed by atoms with Crippen molar-refractivity contribution in [3.8, 4) is 0 Å². The molecular formula is C12H19ClN2O2S. The normalized spacial score (nSPS) is 13.2. The fourth-order valence-corrected chi connectivity index (χ4v) is 2.50. The standard InChI is InChI=1S/C12H19ClN2O2S/c1-12(2,3)17-11(16)15-7-8(14)6-9-4-5-10(13)18-9/h4-5,8H,6-7,14H2,1-3H3,(H,15,16). The summed E-state index contributed by atoms with van der Waals surface area (Å²) in [4.78, 5) is 12.5. The molecule has 4 nitrogen and oxygen atoms in total. The van der Waals surface area contributed by atoms with E-state index in [1.54, 1.807) is 0 Å². The van der Waals surface area contributed by atoms with Gasteiger partial charge in [0.1, 0.15) is 5.60 Å². The van der Waals surface area contributed by atoms with Crippen molar-refractivity contribution in [3.63, 3.8) is 0 Å². The number of nitrogens with two attached hydrogens (primary N) is 1. The molecule has 1 atom stereocenters. The Balaban J connectivity index is 2.29. The molecule has 0 bridgehead atoms. The van der Waals surface area contributed by atoms with E-state index in [1.807, 2.05) is 32.9 Å². The van der Waals surface area contributed by atoms with E-state index in [0.717, 1.165) is 9.21 Å². The van der Waals surface area contributed by atoms with E-state index in [4.69, 9.17) is 22.1 Å². The molecule has 0 aliphatic carbocycles. The van der Waals surface area contributed by atoms with Crippen LogP contribution in [0.3, 0.4) is 0 Å². The molecule has 1 heterocycles. The first-order valence-corrected chi connectivity index (χ1v) is 6.92. The SMILES string of the molecule is CC(C)(C)OC(=O)NCC(N)Cc1ccc(Cl)s1. The van der Waals surface area contributed by atoms with Crippen LogP contribution in [0.2, 0.25) is 4.34 Å². The number of rotatable bonds is 4. The lowest BCUT2D eigenvalue weighted by Gasteiger charge is -2.20. The molecule has 0 fully saturated rings. The van der Waals surface area contributed by atoms with Crippen molar-refractivity contribution < 1.29 is 9.53 Å². The first kappa shape index (κ1) is 15.3. The van der Waals surface area contributed by atoms with Crippen LogP contribution >= 0.6 is 22.9 Å². The predicted molar refractivity (Wildman–Crippen MR) is 75.2 cm³/mol. The Morgan fingerprint density at radius 1 is 1.56 bits per heavy atom. The summed E-state index contributed by atoms with van der Waals surface area (Å²) >= 11 is 7.33. The van der Waals surface area contributed by atoms with Crippen LogP contribution in [-0.2, 0) is 11.2 Å². The topological polar surface area (TPSA) is 64.3 Å². The minimum atomic E-state index is -0.491. The minimum Gasteiger partial charge on any atom is -0.444 e. The highest BCUT2D eigenvalue weighted by Gasteiger charge is 2.16. The van der Waals surface area contributed by atoms with E-state index in [-0.39, 0.29) is 6.04 Å². The molecule has 0 spiro atoms. The third-order valence-corrected chi connectivity index (χ3v) is 3.25. The molecule has 1 aromatic heterocycles. The maximum Gasteiger partial charge on any atom is 0.407 e. The molecule has 0 saturated carbocycles. The van der Waals surface area contributed by atoms with E-state index >= 15 is 0 Å². The monoisotopic (exact) mass is 290 g/mol. The first-order chi connectivity index (χ1) is 8.26. The summed E-state index contributed by atoms with van der Waals surface area (Å²) < 4.78 is 5.87. The van der Waals surface area contributed by atoms with Crippen LogP contribution in [0.4, 0.5) is 4.79 Å². The van der Waals surface area contributed by atoms with Crippen LogP contribution in [-0.4, -0.2) is 24.3 Å². The molecule has 1 unspecified atom stereocenters. The number of hydrogen-bond acceptors (Lipinski definition) is 4. The van der Waals surface area contributed by atoms with Gasteiger partial charge in [0.2, 0.25) is 0 Å². The Morgan fingerprint density at radius 3 is 2.72 bits per heavy atom.